The number of rotatable bonds is 1. The summed E-state index contributed by atoms with van der Waals surface area (Å²) in [6, 6.07) is 3.54. The van der Waals surface area contributed by atoms with E-state index in [0.717, 1.165) is 16.7 Å². The van der Waals surface area contributed by atoms with Crippen molar-refractivity contribution in [3.8, 4) is 11.9 Å². The van der Waals surface area contributed by atoms with E-state index in [0.29, 0.717) is 0 Å². The molecule has 0 spiro atoms. The van der Waals surface area contributed by atoms with E-state index >= 15 is 0 Å². The number of hydrogen-bond acceptors (Lipinski definition) is 5. The Bertz CT molecular complexity index is 781. The van der Waals surface area contributed by atoms with Crippen molar-refractivity contribution in [3.63, 3.8) is 0 Å². The van der Waals surface area contributed by atoms with Crippen molar-refractivity contribution in [2.45, 2.75) is 52.4 Å². The van der Waals surface area contributed by atoms with E-state index in [9.17, 15) is 9.90 Å². The molecule has 1 amide bonds. The van der Waals surface area contributed by atoms with Gasteiger partial charge < -0.3 is 9.84 Å². The van der Waals surface area contributed by atoms with Crippen LogP contribution in [-0.4, -0.2) is 17.0 Å². The molecule has 1 heterocycles. The van der Waals surface area contributed by atoms with Crippen LogP contribution < -0.4 is 5.32 Å². The van der Waals surface area contributed by atoms with Gasteiger partial charge in [-0.1, -0.05) is 41.5 Å². The number of aromatic hydroxyl groups is 1. The van der Waals surface area contributed by atoms with Gasteiger partial charge in [0.2, 0.25) is 0 Å². The first-order chi connectivity index (χ1) is 11.4. The largest absolute Gasteiger partial charge is 0.507 e. The van der Waals surface area contributed by atoms with E-state index in [1.54, 1.807) is 12.3 Å². The number of nitrogens with zero attached hydrogens (tertiary/aromatic N) is 2. The average molecular weight is 341 g/mol. The number of phenolic OH excluding ortho intramolecular Hbond substituents is 1. The summed E-state index contributed by atoms with van der Waals surface area (Å²) in [6.45, 7) is 12.1. The number of benzene rings is 1. The number of nitriles is 1. The Morgan fingerprint density at radius 1 is 1.16 bits per heavy atom. The van der Waals surface area contributed by atoms with Crippen LogP contribution in [0.4, 0.5) is 0 Å². The standard InChI is InChI=1S/C19H23N3O3/c1-18(2,3)12-7-11(8-13(15(12)23)19(4,5)6)9-14-16(24)22-17(25-14)21-10-20/h7-9,23H,1-6H3,(H,21,22,24). The SMILES string of the molecule is CC(C)(C)c1cc(C=C2OC(NC#N)=NC2=O)cc(C(C)(C)C)c1O. The molecule has 1 aliphatic rings. The van der Waals surface area contributed by atoms with Gasteiger partial charge in [0.25, 0.3) is 0 Å². The molecule has 0 aromatic heterocycles. The van der Waals surface area contributed by atoms with E-state index in [1.165, 1.54) is 0 Å². The van der Waals surface area contributed by atoms with Crippen LogP contribution in [0.15, 0.2) is 22.9 Å². The quantitative estimate of drug-likeness (QED) is 0.464. The number of nitrogens with one attached hydrogen (secondary N) is 1. The lowest BCUT2D eigenvalue weighted by Gasteiger charge is -2.27. The highest BCUT2D eigenvalue weighted by Gasteiger charge is 2.27. The third-order valence-electron chi connectivity index (χ3n) is 3.83. The maximum absolute atomic E-state index is 11.9. The highest BCUT2D eigenvalue weighted by Crippen LogP contribution is 2.40. The molecule has 0 saturated heterocycles. The summed E-state index contributed by atoms with van der Waals surface area (Å²) in [6.07, 6.45) is 3.23. The molecule has 0 bridgehead atoms. The van der Waals surface area contributed by atoms with Gasteiger partial charge in [0.05, 0.1) is 0 Å². The first kappa shape index (κ1) is 18.5. The number of aliphatic imine (C=N–C) groups is 1. The van der Waals surface area contributed by atoms with Gasteiger partial charge in [0, 0.05) is 11.1 Å². The monoisotopic (exact) mass is 341 g/mol. The van der Waals surface area contributed by atoms with Crippen molar-refractivity contribution in [1.82, 2.24) is 5.32 Å². The Labute approximate surface area is 147 Å². The molecule has 1 aromatic carbocycles. The number of amides is 1. The first-order valence-corrected chi connectivity index (χ1v) is 7.99. The fraction of sp³-hybridized carbons (Fsp3) is 0.421. The lowest BCUT2D eigenvalue weighted by Crippen LogP contribution is -2.18. The first-order valence-electron chi connectivity index (χ1n) is 7.99. The van der Waals surface area contributed by atoms with Crippen molar-refractivity contribution in [1.29, 1.82) is 5.26 Å². The van der Waals surface area contributed by atoms with E-state index in [2.05, 4.69) is 10.3 Å². The third kappa shape index (κ3) is 4.00. The number of phenols is 1. The van der Waals surface area contributed by atoms with E-state index in [-0.39, 0.29) is 28.4 Å². The second-order valence-electron chi connectivity index (χ2n) is 8.03. The van der Waals surface area contributed by atoms with Crippen LogP contribution in [0, 0.1) is 11.5 Å². The Morgan fingerprint density at radius 3 is 2.12 bits per heavy atom. The summed E-state index contributed by atoms with van der Waals surface area (Å²) in [5, 5.41) is 21.5. The average Bonchev–Trinajstić information content (AvgIpc) is 2.78. The minimum Gasteiger partial charge on any atom is -0.507 e. The maximum atomic E-state index is 11.9. The molecule has 2 N–H and O–H groups in total. The second kappa shape index (κ2) is 6.25. The fourth-order valence-electron chi connectivity index (χ4n) is 2.55. The van der Waals surface area contributed by atoms with Gasteiger partial charge in [0.1, 0.15) is 5.75 Å². The van der Waals surface area contributed by atoms with Crippen molar-refractivity contribution in [2.75, 3.05) is 0 Å². The molecule has 0 fully saturated rings. The Hall–Kier alpha value is -2.81. The van der Waals surface area contributed by atoms with E-state index in [1.807, 2.05) is 53.7 Å². The molecule has 2 rings (SSSR count). The molecule has 132 valence electrons. The van der Waals surface area contributed by atoms with Crippen molar-refractivity contribution < 1.29 is 14.6 Å². The maximum Gasteiger partial charge on any atom is 0.317 e. The van der Waals surface area contributed by atoms with Gasteiger partial charge in [-0.3, -0.25) is 4.79 Å². The van der Waals surface area contributed by atoms with Gasteiger partial charge in [-0.25, -0.2) is 5.32 Å². The minimum absolute atomic E-state index is 0.0307. The summed E-state index contributed by atoms with van der Waals surface area (Å²) in [5.41, 5.74) is 1.75. The molecule has 6 heteroatoms. The minimum atomic E-state index is -0.555. The normalized spacial score (nSPS) is 16.4. The lowest BCUT2D eigenvalue weighted by molar-refractivity contribution is -0.115. The molecule has 25 heavy (non-hydrogen) atoms. The zero-order chi connectivity index (χ0) is 19.0. The fourth-order valence-corrected chi connectivity index (χ4v) is 2.55. The zero-order valence-corrected chi connectivity index (χ0v) is 15.4. The lowest BCUT2D eigenvalue weighted by atomic mass is 9.78. The molecule has 0 atom stereocenters. The van der Waals surface area contributed by atoms with Gasteiger partial charge >= 0.3 is 11.9 Å². The number of amidine groups is 1. The zero-order valence-electron chi connectivity index (χ0n) is 15.4. The Morgan fingerprint density at radius 2 is 1.68 bits per heavy atom. The Kier molecular flexibility index (Phi) is 4.63. The predicted molar refractivity (Wildman–Crippen MR) is 95.8 cm³/mol. The molecule has 6 nitrogen and oxygen atoms in total. The van der Waals surface area contributed by atoms with Crippen LogP contribution in [-0.2, 0) is 20.4 Å². The van der Waals surface area contributed by atoms with Crippen LogP contribution in [0.2, 0.25) is 0 Å². The second-order valence-corrected chi connectivity index (χ2v) is 8.03. The van der Waals surface area contributed by atoms with Crippen LogP contribution >= 0.6 is 0 Å². The summed E-state index contributed by atoms with van der Waals surface area (Å²) < 4.78 is 5.26. The molecule has 1 aliphatic heterocycles. The molecular formula is C19H23N3O3. The Balaban J connectivity index is 2.55. The van der Waals surface area contributed by atoms with Gasteiger partial charge in [-0.2, -0.15) is 10.3 Å². The summed E-state index contributed by atoms with van der Waals surface area (Å²) >= 11 is 0. The summed E-state index contributed by atoms with van der Waals surface area (Å²) in [7, 11) is 0. The molecular weight excluding hydrogens is 318 g/mol. The molecule has 0 saturated carbocycles. The van der Waals surface area contributed by atoms with Crippen LogP contribution in [0.1, 0.15) is 58.2 Å². The summed E-state index contributed by atoms with van der Waals surface area (Å²) in [4.78, 5) is 15.5. The molecule has 0 aliphatic carbocycles. The molecule has 1 aromatic rings. The molecule has 0 radical (unpaired) electrons. The predicted octanol–water partition coefficient (Wildman–Crippen LogP) is 3.31. The van der Waals surface area contributed by atoms with Gasteiger partial charge in [-0.05, 0) is 34.6 Å². The van der Waals surface area contributed by atoms with Crippen LogP contribution in [0.3, 0.4) is 0 Å². The van der Waals surface area contributed by atoms with Crippen molar-refractivity contribution in [3.05, 3.63) is 34.6 Å². The van der Waals surface area contributed by atoms with E-state index < -0.39 is 5.91 Å². The highest BCUT2D eigenvalue weighted by atomic mass is 16.5. The smallest absolute Gasteiger partial charge is 0.317 e. The number of carbonyl (C=O) groups is 1. The number of carbonyl (C=O) groups excluding carboxylic acids is 1. The van der Waals surface area contributed by atoms with Gasteiger partial charge in [0.15, 0.2) is 12.0 Å². The number of ether oxygens (including phenoxy) is 1. The van der Waals surface area contributed by atoms with Crippen molar-refractivity contribution in [2.24, 2.45) is 4.99 Å². The van der Waals surface area contributed by atoms with E-state index in [4.69, 9.17) is 10.00 Å². The highest BCUT2D eigenvalue weighted by molar-refractivity contribution is 6.08. The van der Waals surface area contributed by atoms with Gasteiger partial charge in [-0.15, -0.1) is 0 Å². The topological polar surface area (TPSA) is 94.7 Å². The summed E-state index contributed by atoms with van der Waals surface area (Å²) in [5.74, 6) is -0.257. The van der Waals surface area contributed by atoms with Crippen LogP contribution in [0.5, 0.6) is 5.75 Å². The third-order valence-corrected chi connectivity index (χ3v) is 3.83. The van der Waals surface area contributed by atoms with Crippen molar-refractivity contribution >= 4 is 18.0 Å². The van der Waals surface area contributed by atoms with Crippen LogP contribution in [0.25, 0.3) is 6.08 Å². The number of hydrogen-bond donors (Lipinski definition) is 2. The molecule has 0 unspecified atom stereocenters.